The Morgan fingerprint density at radius 1 is 1.50 bits per heavy atom. The van der Waals surface area contributed by atoms with Crippen molar-refractivity contribution in [3.63, 3.8) is 0 Å². The summed E-state index contributed by atoms with van der Waals surface area (Å²) in [6.45, 7) is 7.21. The SMILES string of the molecule is C=C(CC1CCCO1)C(=O)OCCCCC. The molecule has 1 heterocycles. The number of rotatable bonds is 7. The van der Waals surface area contributed by atoms with E-state index in [-0.39, 0.29) is 12.1 Å². The number of ether oxygens (including phenoxy) is 2. The molecule has 0 bridgehead atoms. The molecule has 3 nitrogen and oxygen atoms in total. The van der Waals surface area contributed by atoms with Crippen LogP contribution in [0.1, 0.15) is 45.4 Å². The monoisotopic (exact) mass is 226 g/mol. The quantitative estimate of drug-likeness (QED) is 0.380. The molecular formula is C13H22O3. The summed E-state index contributed by atoms with van der Waals surface area (Å²) in [7, 11) is 0. The molecule has 1 fully saturated rings. The minimum atomic E-state index is -0.258. The fourth-order valence-electron chi connectivity index (χ4n) is 1.78. The highest BCUT2D eigenvalue weighted by Gasteiger charge is 2.19. The van der Waals surface area contributed by atoms with Crippen LogP contribution in [-0.2, 0) is 14.3 Å². The highest BCUT2D eigenvalue weighted by Crippen LogP contribution is 2.19. The second-order valence-electron chi connectivity index (χ2n) is 4.29. The average Bonchev–Trinajstić information content (AvgIpc) is 2.76. The van der Waals surface area contributed by atoms with Crippen LogP contribution in [0.2, 0.25) is 0 Å². The van der Waals surface area contributed by atoms with Gasteiger partial charge in [-0.15, -0.1) is 0 Å². The predicted octanol–water partition coefficient (Wildman–Crippen LogP) is 2.85. The number of hydrogen-bond acceptors (Lipinski definition) is 3. The van der Waals surface area contributed by atoms with Crippen molar-refractivity contribution < 1.29 is 14.3 Å². The van der Waals surface area contributed by atoms with Crippen molar-refractivity contribution in [3.05, 3.63) is 12.2 Å². The van der Waals surface area contributed by atoms with E-state index < -0.39 is 0 Å². The molecule has 0 amide bonds. The first kappa shape index (κ1) is 13.2. The summed E-state index contributed by atoms with van der Waals surface area (Å²) in [6.07, 6.45) is 6.09. The zero-order valence-corrected chi connectivity index (χ0v) is 10.2. The first-order valence-corrected chi connectivity index (χ1v) is 6.20. The zero-order chi connectivity index (χ0) is 11.8. The molecule has 1 aliphatic rings. The molecule has 0 saturated carbocycles. The molecule has 1 atom stereocenters. The van der Waals surface area contributed by atoms with Gasteiger partial charge in [-0.2, -0.15) is 0 Å². The van der Waals surface area contributed by atoms with Gasteiger partial charge >= 0.3 is 5.97 Å². The fourth-order valence-corrected chi connectivity index (χ4v) is 1.78. The van der Waals surface area contributed by atoms with Gasteiger partial charge in [0.05, 0.1) is 12.7 Å². The number of carbonyl (C=O) groups is 1. The average molecular weight is 226 g/mol. The predicted molar refractivity (Wildman–Crippen MR) is 63.2 cm³/mol. The molecule has 1 rings (SSSR count). The Balaban J connectivity index is 2.12. The number of carbonyl (C=O) groups excluding carboxylic acids is 1. The van der Waals surface area contributed by atoms with Crippen LogP contribution >= 0.6 is 0 Å². The normalized spacial score (nSPS) is 19.7. The van der Waals surface area contributed by atoms with Crippen LogP contribution in [0.3, 0.4) is 0 Å². The topological polar surface area (TPSA) is 35.5 Å². The van der Waals surface area contributed by atoms with Crippen LogP contribution in [0.4, 0.5) is 0 Å². The van der Waals surface area contributed by atoms with E-state index in [9.17, 15) is 4.79 Å². The lowest BCUT2D eigenvalue weighted by Crippen LogP contribution is -2.14. The van der Waals surface area contributed by atoms with Crippen LogP contribution in [0, 0.1) is 0 Å². The summed E-state index contributed by atoms with van der Waals surface area (Å²) in [6, 6.07) is 0. The molecular weight excluding hydrogens is 204 g/mol. The molecule has 1 saturated heterocycles. The van der Waals surface area contributed by atoms with E-state index in [4.69, 9.17) is 9.47 Å². The van der Waals surface area contributed by atoms with E-state index in [0.717, 1.165) is 38.7 Å². The highest BCUT2D eigenvalue weighted by molar-refractivity contribution is 5.87. The van der Waals surface area contributed by atoms with Crippen molar-refractivity contribution in [1.82, 2.24) is 0 Å². The van der Waals surface area contributed by atoms with Gasteiger partial charge in [-0.25, -0.2) is 4.79 Å². The van der Waals surface area contributed by atoms with Gasteiger partial charge in [-0.05, 0) is 19.3 Å². The molecule has 0 spiro atoms. The zero-order valence-electron chi connectivity index (χ0n) is 10.2. The molecule has 3 heteroatoms. The second-order valence-corrected chi connectivity index (χ2v) is 4.29. The van der Waals surface area contributed by atoms with Crippen molar-refractivity contribution in [2.24, 2.45) is 0 Å². The Bertz CT molecular complexity index is 229. The largest absolute Gasteiger partial charge is 0.462 e. The molecule has 0 N–H and O–H groups in total. The number of unbranched alkanes of at least 4 members (excludes halogenated alkanes) is 2. The molecule has 0 radical (unpaired) electrons. The summed E-state index contributed by atoms with van der Waals surface area (Å²) in [5, 5.41) is 0. The third-order valence-electron chi connectivity index (χ3n) is 2.77. The highest BCUT2D eigenvalue weighted by atomic mass is 16.5. The van der Waals surface area contributed by atoms with Gasteiger partial charge in [0.1, 0.15) is 0 Å². The van der Waals surface area contributed by atoms with Crippen molar-refractivity contribution >= 4 is 5.97 Å². The van der Waals surface area contributed by atoms with Crippen molar-refractivity contribution in [2.45, 2.75) is 51.6 Å². The van der Waals surface area contributed by atoms with Crippen molar-refractivity contribution in [3.8, 4) is 0 Å². The van der Waals surface area contributed by atoms with Gasteiger partial charge in [0, 0.05) is 18.6 Å². The van der Waals surface area contributed by atoms with Gasteiger partial charge in [0.25, 0.3) is 0 Å². The Hall–Kier alpha value is -0.830. The Labute approximate surface area is 97.8 Å². The fraction of sp³-hybridized carbons (Fsp3) is 0.769. The maximum absolute atomic E-state index is 11.5. The molecule has 1 aliphatic heterocycles. The number of esters is 1. The van der Waals surface area contributed by atoms with Gasteiger partial charge in [0.2, 0.25) is 0 Å². The molecule has 0 aromatic heterocycles. The van der Waals surface area contributed by atoms with Gasteiger partial charge in [-0.3, -0.25) is 0 Å². The second kappa shape index (κ2) is 7.44. The van der Waals surface area contributed by atoms with Gasteiger partial charge in [-0.1, -0.05) is 26.3 Å². The van der Waals surface area contributed by atoms with Crippen LogP contribution in [0.15, 0.2) is 12.2 Å². The standard InChI is InChI=1S/C13H22O3/c1-3-4-5-8-16-13(14)11(2)10-12-7-6-9-15-12/h12H,2-10H2,1H3. The van der Waals surface area contributed by atoms with E-state index in [0.29, 0.717) is 18.6 Å². The first-order chi connectivity index (χ1) is 7.74. The third kappa shape index (κ3) is 4.79. The van der Waals surface area contributed by atoms with Crippen LogP contribution in [-0.4, -0.2) is 25.3 Å². The maximum atomic E-state index is 11.5. The molecule has 92 valence electrons. The minimum Gasteiger partial charge on any atom is -0.462 e. The lowest BCUT2D eigenvalue weighted by Gasteiger charge is -2.11. The van der Waals surface area contributed by atoms with Gasteiger partial charge in [0.15, 0.2) is 0 Å². The summed E-state index contributed by atoms with van der Waals surface area (Å²) >= 11 is 0. The summed E-state index contributed by atoms with van der Waals surface area (Å²) in [5.41, 5.74) is 0.545. The van der Waals surface area contributed by atoms with Crippen molar-refractivity contribution in [1.29, 1.82) is 0 Å². The maximum Gasteiger partial charge on any atom is 0.333 e. The van der Waals surface area contributed by atoms with E-state index in [2.05, 4.69) is 13.5 Å². The first-order valence-electron chi connectivity index (χ1n) is 6.20. The summed E-state index contributed by atoms with van der Waals surface area (Å²) in [4.78, 5) is 11.5. The van der Waals surface area contributed by atoms with Gasteiger partial charge < -0.3 is 9.47 Å². The summed E-state index contributed by atoms with van der Waals surface area (Å²) in [5.74, 6) is -0.258. The van der Waals surface area contributed by atoms with Crippen molar-refractivity contribution in [2.75, 3.05) is 13.2 Å². The Kier molecular flexibility index (Phi) is 6.16. The van der Waals surface area contributed by atoms with E-state index >= 15 is 0 Å². The third-order valence-corrected chi connectivity index (χ3v) is 2.77. The minimum absolute atomic E-state index is 0.177. The lowest BCUT2D eigenvalue weighted by atomic mass is 10.1. The van der Waals surface area contributed by atoms with E-state index in [1.54, 1.807) is 0 Å². The van der Waals surface area contributed by atoms with Crippen LogP contribution in [0.25, 0.3) is 0 Å². The Morgan fingerprint density at radius 3 is 2.94 bits per heavy atom. The van der Waals surface area contributed by atoms with E-state index in [1.807, 2.05) is 0 Å². The van der Waals surface area contributed by atoms with E-state index in [1.165, 1.54) is 0 Å². The Morgan fingerprint density at radius 2 is 2.31 bits per heavy atom. The molecule has 0 aliphatic carbocycles. The number of hydrogen-bond donors (Lipinski definition) is 0. The van der Waals surface area contributed by atoms with Crippen LogP contribution in [0.5, 0.6) is 0 Å². The smallest absolute Gasteiger partial charge is 0.333 e. The molecule has 0 aromatic rings. The lowest BCUT2D eigenvalue weighted by molar-refractivity contribution is -0.139. The van der Waals surface area contributed by atoms with Crippen LogP contribution < -0.4 is 0 Å². The summed E-state index contributed by atoms with van der Waals surface area (Å²) < 4.78 is 10.6. The molecule has 0 aromatic carbocycles. The molecule has 16 heavy (non-hydrogen) atoms. The molecule has 1 unspecified atom stereocenters.